The number of carbonyl (C=O) groups excluding carboxylic acids is 2. The van der Waals surface area contributed by atoms with Crippen molar-refractivity contribution in [2.24, 2.45) is 11.7 Å². The number of hydrogen-bond donors (Lipinski definition) is 2. The van der Waals surface area contributed by atoms with Gasteiger partial charge in [0.2, 0.25) is 0 Å². The summed E-state index contributed by atoms with van der Waals surface area (Å²) < 4.78 is 0. The van der Waals surface area contributed by atoms with E-state index in [0.717, 1.165) is 25.1 Å². The largest absolute Gasteiger partial charge is 0.384 e. The molecule has 0 aliphatic carbocycles. The van der Waals surface area contributed by atoms with Gasteiger partial charge >= 0.3 is 6.03 Å². The second kappa shape index (κ2) is 8.79. The first kappa shape index (κ1) is 20.9. The smallest absolute Gasteiger partial charge is 0.324 e. The van der Waals surface area contributed by atoms with Crippen molar-refractivity contribution >= 4 is 23.5 Å². The molecule has 0 saturated carbocycles. The monoisotopic (exact) mass is 419 g/mol. The van der Waals surface area contributed by atoms with Crippen molar-refractivity contribution in [3.8, 4) is 0 Å². The lowest BCUT2D eigenvalue weighted by molar-refractivity contribution is 0.0634. The van der Waals surface area contributed by atoms with Crippen molar-refractivity contribution in [3.05, 3.63) is 65.7 Å². The molecular weight excluding hydrogens is 390 g/mol. The molecule has 2 saturated heterocycles. The Morgan fingerprint density at radius 2 is 1.68 bits per heavy atom. The van der Waals surface area contributed by atoms with Gasteiger partial charge in [0.25, 0.3) is 5.91 Å². The molecule has 162 valence electrons. The fraction of sp³-hybridized carbons (Fsp3) is 0.375. The van der Waals surface area contributed by atoms with Gasteiger partial charge in [-0.05, 0) is 43.0 Å². The molecule has 7 heteroatoms. The molecule has 2 aromatic rings. The summed E-state index contributed by atoms with van der Waals surface area (Å²) in [5.74, 6) is 0.370. The fourth-order valence-corrected chi connectivity index (χ4v) is 4.52. The fourth-order valence-electron chi connectivity index (χ4n) is 4.52. The normalized spacial score (nSPS) is 20.1. The van der Waals surface area contributed by atoms with Crippen LogP contribution in [0.3, 0.4) is 0 Å². The highest BCUT2D eigenvalue weighted by atomic mass is 16.2. The minimum absolute atomic E-state index is 0.00771. The number of urea groups is 1. The highest BCUT2D eigenvalue weighted by Gasteiger charge is 2.37. The van der Waals surface area contributed by atoms with E-state index in [0.29, 0.717) is 36.7 Å². The number of likely N-dealkylation sites (tertiary alicyclic amines) is 1. The average Bonchev–Trinajstić information content (AvgIpc) is 2.80. The number of nitrogen functional groups attached to an aromatic ring is 1. The Balaban J connectivity index is 1.45. The standard InChI is InChI=1S/C24H29N5O2/c1-17-15-28(24(31)29(16-17)21-9-5-8-19(14-21)22(25)26)20-10-12-27(13-11-20)23(30)18-6-3-2-4-7-18/h2-9,14,17,20H,10-13,15-16H2,1H3,(H3,25,26). The van der Waals surface area contributed by atoms with Crippen LogP contribution >= 0.6 is 0 Å². The van der Waals surface area contributed by atoms with Crippen LogP contribution in [0.4, 0.5) is 10.5 Å². The highest BCUT2D eigenvalue weighted by molar-refractivity contribution is 5.98. The van der Waals surface area contributed by atoms with Gasteiger partial charge in [0, 0.05) is 49.0 Å². The third kappa shape index (κ3) is 4.40. The van der Waals surface area contributed by atoms with E-state index in [1.165, 1.54) is 0 Å². The van der Waals surface area contributed by atoms with E-state index in [1.807, 2.05) is 52.3 Å². The first-order valence-corrected chi connectivity index (χ1v) is 10.8. The number of benzene rings is 2. The minimum atomic E-state index is -0.00774. The Hall–Kier alpha value is -3.35. The van der Waals surface area contributed by atoms with Crippen molar-refractivity contribution in [2.45, 2.75) is 25.8 Å². The van der Waals surface area contributed by atoms with Crippen LogP contribution in [0, 0.1) is 11.3 Å². The van der Waals surface area contributed by atoms with E-state index >= 15 is 0 Å². The van der Waals surface area contributed by atoms with Crippen LogP contribution in [0.2, 0.25) is 0 Å². The molecule has 1 unspecified atom stereocenters. The summed E-state index contributed by atoms with van der Waals surface area (Å²) in [6.07, 6.45) is 1.55. The molecule has 3 N–H and O–H groups in total. The van der Waals surface area contributed by atoms with Gasteiger partial charge in [0.1, 0.15) is 5.84 Å². The van der Waals surface area contributed by atoms with Gasteiger partial charge in [-0.1, -0.05) is 37.3 Å². The SMILES string of the molecule is CC1CN(c2cccc(C(=N)N)c2)C(=O)N(C2CCN(C(=O)c3ccccc3)CC2)C1. The van der Waals surface area contributed by atoms with Crippen molar-refractivity contribution in [2.75, 3.05) is 31.1 Å². The third-order valence-corrected chi connectivity index (χ3v) is 6.16. The number of amidine groups is 1. The number of nitrogens with zero attached hydrogens (tertiary/aromatic N) is 3. The summed E-state index contributed by atoms with van der Waals surface area (Å²) in [7, 11) is 0. The zero-order chi connectivity index (χ0) is 22.0. The molecular formula is C24H29N5O2. The number of rotatable bonds is 4. The van der Waals surface area contributed by atoms with E-state index in [2.05, 4.69) is 6.92 Å². The summed E-state index contributed by atoms with van der Waals surface area (Å²) in [5, 5.41) is 7.68. The maximum Gasteiger partial charge on any atom is 0.324 e. The molecule has 0 spiro atoms. The zero-order valence-corrected chi connectivity index (χ0v) is 17.8. The molecule has 7 nitrogen and oxygen atoms in total. The predicted molar refractivity (Wildman–Crippen MR) is 121 cm³/mol. The van der Waals surface area contributed by atoms with Gasteiger partial charge in [-0.15, -0.1) is 0 Å². The van der Waals surface area contributed by atoms with Gasteiger partial charge in [0.05, 0.1) is 0 Å². The van der Waals surface area contributed by atoms with E-state index in [9.17, 15) is 9.59 Å². The maximum absolute atomic E-state index is 13.4. The molecule has 2 aromatic carbocycles. The molecule has 0 aromatic heterocycles. The van der Waals surface area contributed by atoms with Crippen LogP contribution in [0.1, 0.15) is 35.7 Å². The van der Waals surface area contributed by atoms with Crippen molar-refractivity contribution in [1.29, 1.82) is 5.41 Å². The van der Waals surface area contributed by atoms with Gasteiger partial charge in [-0.3, -0.25) is 15.1 Å². The second-order valence-corrected chi connectivity index (χ2v) is 8.50. The van der Waals surface area contributed by atoms with Crippen molar-refractivity contribution < 1.29 is 9.59 Å². The Morgan fingerprint density at radius 1 is 1.00 bits per heavy atom. The van der Waals surface area contributed by atoms with Gasteiger partial charge < -0.3 is 15.5 Å². The molecule has 2 heterocycles. The maximum atomic E-state index is 13.4. The quantitative estimate of drug-likeness (QED) is 0.589. The minimum Gasteiger partial charge on any atom is -0.384 e. The number of nitrogens with one attached hydrogen (secondary N) is 1. The number of carbonyl (C=O) groups is 2. The summed E-state index contributed by atoms with van der Waals surface area (Å²) in [4.78, 5) is 31.8. The zero-order valence-electron chi connectivity index (χ0n) is 17.8. The molecule has 31 heavy (non-hydrogen) atoms. The summed E-state index contributed by atoms with van der Waals surface area (Å²) in [6, 6.07) is 16.8. The molecule has 1 atom stereocenters. The van der Waals surface area contributed by atoms with Crippen molar-refractivity contribution in [3.63, 3.8) is 0 Å². The van der Waals surface area contributed by atoms with Crippen LogP contribution in [-0.2, 0) is 0 Å². The molecule has 0 radical (unpaired) electrons. The number of hydrogen-bond acceptors (Lipinski definition) is 3. The molecule has 2 aliphatic rings. The molecule has 2 aliphatic heterocycles. The highest BCUT2D eigenvalue weighted by Crippen LogP contribution is 2.28. The van der Waals surface area contributed by atoms with Crippen LogP contribution in [0.5, 0.6) is 0 Å². The molecule has 3 amide bonds. The lowest BCUT2D eigenvalue weighted by atomic mass is 9.98. The van der Waals surface area contributed by atoms with Gasteiger partial charge in [-0.25, -0.2) is 4.79 Å². The molecule has 4 rings (SSSR count). The van der Waals surface area contributed by atoms with E-state index in [-0.39, 0.29) is 23.8 Å². The van der Waals surface area contributed by atoms with Crippen LogP contribution in [-0.4, -0.2) is 59.8 Å². The Labute approximate surface area is 182 Å². The first-order chi connectivity index (χ1) is 14.9. The number of piperidine rings is 1. The number of amides is 3. The number of nitrogens with two attached hydrogens (primary N) is 1. The Kier molecular flexibility index (Phi) is 5.93. The topological polar surface area (TPSA) is 93.7 Å². The van der Waals surface area contributed by atoms with Crippen LogP contribution in [0.25, 0.3) is 0 Å². The van der Waals surface area contributed by atoms with Crippen LogP contribution in [0.15, 0.2) is 54.6 Å². The Morgan fingerprint density at radius 3 is 2.35 bits per heavy atom. The van der Waals surface area contributed by atoms with E-state index in [1.54, 1.807) is 17.0 Å². The second-order valence-electron chi connectivity index (χ2n) is 8.50. The number of anilines is 1. The molecule has 0 bridgehead atoms. The van der Waals surface area contributed by atoms with E-state index in [4.69, 9.17) is 11.1 Å². The lowest BCUT2D eigenvalue weighted by Crippen LogP contribution is -2.58. The predicted octanol–water partition coefficient (Wildman–Crippen LogP) is 3.15. The summed E-state index contributed by atoms with van der Waals surface area (Å²) in [6.45, 7) is 4.81. The first-order valence-electron chi connectivity index (χ1n) is 10.8. The van der Waals surface area contributed by atoms with Gasteiger partial charge in [0.15, 0.2) is 0 Å². The van der Waals surface area contributed by atoms with Crippen LogP contribution < -0.4 is 10.6 Å². The summed E-state index contributed by atoms with van der Waals surface area (Å²) in [5.41, 5.74) is 7.73. The van der Waals surface area contributed by atoms with Gasteiger partial charge in [-0.2, -0.15) is 0 Å². The Bertz CT molecular complexity index is 969. The molecule has 2 fully saturated rings. The summed E-state index contributed by atoms with van der Waals surface area (Å²) >= 11 is 0. The van der Waals surface area contributed by atoms with Crippen molar-refractivity contribution in [1.82, 2.24) is 9.80 Å². The average molecular weight is 420 g/mol. The lowest BCUT2D eigenvalue weighted by Gasteiger charge is -2.45. The van der Waals surface area contributed by atoms with E-state index < -0.39 is 0 Å². The third-order valence-electron chi connectivity index (χ3n) is 6.16.